The quantitative estimate of drug-likeness (QED) is 0.910. The average Bonchev–Trinajstić information content (AvgIpc) is 3.06. The fraction of sp³-hybridized carbons (Fsp3) is 0.538. The van der Waals surface area contributed by atoms with Gasteiger partial charge >= 0.3 is 0 Å². The van der Waals surface area contributed by atoms with Gasteiger partial charge in [-0.3, -0.25) is 9.78 Å². The molecule has 1 heterocycles. The van der Waals surface area contributed by atoms with Gasteiger partial charge < -0.3 is 5.32 Å². The van der Waals surface area contributed by atoms with Crippen LogP contribution in [0.5, 0.6) is 0 Å². The Morgan fingerprint density at radius 2 is 2.06 bits per heavy atom. The normalized spacial score (nSPS) is 30.5. The number of anilines is 1. The Balaban J connectivity index is 1.67. The van der Waals surface area contributed by atoms with Crippen LogP contribution < -0.4 is 5.32 Å². The van der Waals surface area contributed by atoms with Crippen molar-refractivity contribution in [3.63, 3.8) is 0 Å². The molecule has 1 amide bonds. The van der Waals surface area contributed by atoms with E-state index >= 15 is 0 Å². The zero-order valence-corrected chi connectivity index (χ0v) is 11.1. The molecular formula is C13H15BrN2O. The first kappa shape index (κ1) is 11.2. The van der Waals surface area contributed by atoms with Crippen molar-refractivity contribution in [3.8, 4) is 0 Å². The monoisotopic (exact) mass is 294 g/mol. The van der Waals surface area contributed by atoms with E-state index < -0.39 is 0 Å². The first-order valence-electron chi connectivity index (χ1n) is 6.18. The van der Waals surface area contributed by atoms with Crippen LogP contribution in [0.15, 0.2) is 22.9 Å². The molecule has 0 saturated heterocycles. The van der Waals surface area contributed by atoms with Gasteiger partial charge in [0.25, 0.3) is 0 Å². The Bertz CT molecular complexity index is 437. The van der Waals surface area contributed by atoms with Gasteiger partial charge in [0.2, 0.25) is 5.91 Å². The summed E-state index contributed by atoms with van der Waals surface area (Å²) in [5.74, 6) is 1.76. The second kappa shape index (κ2) is 4.41. The van der Waals surface area contributed by atoms with Crippen LogP contribution in [-0.2, 0) is 4.79 Å². The molecule has 1 aromatic heterocycles. The minimum Gasteiger partial charge on any atom is -0.325 e. The predicted molar refractivity (Wildman–Crippen MR) is 69.5 cm³/mol. The van der Waals surface area contributed by atoms with Crippen molar-refractivity contribution in [2.24, 2.45) is 17.8 Å². The van der Waals surface area contributed by atoms with E-state index in [1.165, 1.54) is 25.7 Å². The van der Waals surface area contributed by atoms with Crippen LogP contribution in [0.25, 0.3) is 0 Å². The van der Waals surface area contributed by atoms with Gasteiger partial charge in [-0.1, -0.05) is 12.8 Å². The lowest BCUT2D eigenvalue weighted by Crippen LogP contribution is -2.15. The van der Waals surface area contributed by atoms with Crippen LogP contribution in [0.4, 0.5) is 5.69 Å². The Labute approximate surface area is 109 Å². The number of nitrogens with zero attached hydrogens (tertiary/aromatic N) is 1. The molecule has 3 nitrogen and oxygen atoms in total. The predicted octanol–water partition coefficient (Wildman–Crippen LogP) is 3.22. The minimum absolute atomic E-state index is 0.189. The summed E-state index contributed by atoms with van der Waals surface area (Å²) in [5, 5.41) is 3.00. The molecule has 2 atom stereocenters. The number of nitrogens with one attached hydrogen (secondary N) is 1. The van der Waals surface area contributed by atoms with Crippen molar-refractivity contribution >= 4 is 27.5 Å². The van der Waals surface area contributed by atoms with Gasteiger partial charge in [-0.05, 0) is 46.7 Å². The van der Waals surface area contributed by atoms with E-state index in [4.69, 9.17) is 0 Å². The molecule has 1 N–H and O–H groups in total. The van der Waals surface area contributed by atoms with E-state index in [0.717, 1.165) is 10.2 Å². The van der Waals surface area contributed by atoms with Crippen molar-refractivity contribution in [2.75, 3.05) is 5.32 Å². The number of halogens is 1. The van der Waals surface area contributed by atoms with E-state index in [1.54, 1.807) is 12.4 Å². The Kier molecular flexibility index (Phi) is 2.90. The van der Waals surface area contributed by atoms with E-state index in [1.807, 2.05) is 6.07 Å². The Morgan fingerprint density at radius 3 is 2.71 bits per heavy atom. The second-order valence-corrected chi connectivity index (χ2v) is 5.84. The van der Waals surface area contributed by atoms with Crippen LogP contribution in [-0.4, -0.2) is 10.9 Å². The van der Waals surface area contributed by atoms with Crippen LogP contribution in [0, 0.1) is 17.8 Å². The number of rotatable bonds is 2. The number of aromatic nitrogens is 1. The van der Waals surface area contributed by atoms with Gasteiger partial charge in [-0.15, -0.1) is 0 Å². The molecule has 3 rings (SSSR count). The number of fused-ring (bicyclic) bond motifs is 1. The molecule has 0 aromatic carbocycles. The summed E-state index contributed by atoms with van der Waals surface area (Å²) in [5.41, 5.74) is 0.827. The molecule has 0 bridgehead atoms. The van der Waals surface area contributed by atoms with Crippen molar-refractivity contribution in [2.45, 2.75) is 25.7 Å². The van der Waals surface area contributed by atoms with Crippen LogP contribution in [0.3, 0.4) is 0 Å². The molecule has 2 fully saturated rings. The first-order valence-corrected chi connectivity index (χ1v) is 6.97. The third-order valence-corrected chi connectivity index (χ3v) is 4.62. The summed E-state index contributed by atoms with van der Waals surface area (Å²) in [6, 6.07) is 1.83. The summed E-state index contributed by atoms with van der Waals surface area (Å²) in [4.78, 5) is 16.1. The fourth-order valence-corrected chi connectivity index (χ4v) is 3.42. The van der Waals surface area contributed by atoms with Crippen molar-refractivity contribution in [1.82, 2.24) is 4.98 Å². The molecule has 2 unspecified atom stereocenters. The number of amides is 1. The van der Waals surface area contributed by atoms with E-state index in [0.29, 0.717) is 11.8 Å². The average molecular weight is 295 g/mol. The summed E-state index contributed by atoms with van der Waals surface area (Å²) in [6.07, 6.45) is 8.46. The molecule has 0 aliphatic heterocycles. The Hall–Kier alpha value is -0.900. The zero-order chi connectivity index (χ0) is 11.8. The van der Waals surface area contributed by atoms with Crippen molar-refractivity contribution in [3.05, 3.63) is 22.9 Å². The van der Waals surface area contributed by atoms with Crippen molar-refractivity contribution < 1.29 is 4.79 Å². The van der Waals surface area contributed by atoms with Crippen LogP contribution >= 0.6 is 15.9 Å². The fourth-order valence-electron chi connectivity index (χ4n) is 3.07. The molecule has 0 radical (unpaired) electrons. The molecule has 2 aliphatic rings. The van der Waals surface area contributed by atoms with Crippen LogP contribution in [0.1, 0.15) is 25.7 Å². The van der Waals surface area contributed by atoms with E-state index in [-0.39, 0.29) is 11.8 Å². The highest BCUT2D eigenvalue weighted by Gasteiger charge is 2.54. The number of hydrogen-bond donors (Lipinski definition) is 1. The van der Waals surface area contributed by atoms with Gasteiger partial charge in [0, 0.05) is 18.3 Å². The van der Waals surface area contributed by atoms with Gasteiger partial charge in [0.15, 0.2) is 0 Å². The highest BCUT2D eigenvalue weighted by molar-refractivity contribution is 9.10. The maximum Gasteiger partial charge on any atom is 0.228 e. The molecule has 17 heavy (non-hydrogen) atoms. The smallest absolute Gasteiger partial charge is 0.228 e. The van der Waals surface area contributed by atoms with E-state index in [2.05, 4.69) is 26.2 Å². The molecule has 0 spiro atoms. The number of pyridine rings is 1. The number of hydrogen-bond acceptors (Lipinski definition) is 2. The lowest BCUT2D eigenvalue weighted by Gasteiger charge is -2.06. The summed E-state index contributed by atoms with van der Waals surface area (Å²) in [7, 11) is 0. The summed E-state index contributed by atoms with van der Waals surface area (Å²) in [6.45, 7) is 0. The lowest BCUT2D eigenvalue weighted by molar-refractivity contribution is -0.117. The third kappa shape index (κ3) is 2.10. The molecule has 4 heteroatoms. The maximum absolute atomic E-state index is 12.1. The number of carbonyl (C=O) groups excluding carboxylic acids is 1. The van der Waals surface area contributed by atoms with Gasteiger partial charge in [0.1, 0.15) is 0 Å². The zero-order valence-electron chi connectivity index (χ0n) is 9.53. The van der Waals surface area contributed by atoms with Gasteiger partial charge in [0.05, 0.1) is 10.2 Å². The summed E-state index contributed by atoms with van der Waals surface area (Å²) < 4.78 is 0.844. The molecule has 90 valence electrons. The molecular weight excluding hydrogens is 280 g/mol. The SMILES string of the molecule is O=C(Nc1ccncc1Br)C1C2CCCCC21. The lowest BCUT2D eigenvalue weighted by atomic mass is 10.0. The third-order valence-electron chi connectivity index (χ3n) is 3.99. The highest BCUT2D eigenvalue weighted by atomic mass is 79.9. The topological polar surface area (TPSA) is 42.0 Å². The maximum atomic E-state index is 12.1. The first-order chi connectivity index (χ1) is 8.27. The second-order valence-electron chi connectivity index (χ2n) is 4.98. The van der Waals surface area contributed by atoms with Crippen LogP contribution in [0.2, 0.25) is 0 Å². The number of carbonyl (C=O) groups is 1. The molecule has 1 aromatic rings. The molecule has 2 saturated carbocycles. The van der Waals surface area contributed by atoms with E-state index in [9.17, 15) is 4.79 Å². The highest BCUT2D eigenvalue weighted by Crippen LogP contribution is 2.55. The Morgan fingerprint density at radius 1 is 1.35 bits per heavy atom. The minimum atomic E-state index is 0.189. The van der Waals surface area contributed by atoms with Gasteiger partial charge in [-0.2, -0.15) is 0 Å². The van der Waals surface area contributed by atoms with Crippen molar-refractivity contribution in [1.29, 1.82) is 0 Å². The summed E-state index contributed by atoms with van der Waals surface area (Å²) >= 11 is 3.39. The largest absolute Gasteiger partial charge is 0.325 e. The standard InChI is InChI=1S/C13H15BrN2O/c14-10-7-15-6-5-11(10)16-13(17)12-8-3-1-2-4-9(8)12/h5-9,12H,1-4H2,(H,15,16,17). The van der Waals surface area contributed by atoms with Gasteiger partial charge in [-0.25, -0.2) is 0 Å². The molecule has 2 aliphatic carbocycles.